The summed E-state index contributed by atoms with van der Waals surface area (Å²) in [4.78, 5) is 36.1. The second-order valence-corrected chi connectivity index (χ2v) is 4.10. The molecule has 4 N–H and O–H groups in total. The van der Waals surface area contributed by atoms with Gasteiger partial charge in [-0.3, -0.25) is 14.5 Å². The van der Waals surface area contributed by atoms with E-state index in [1.165, 1.54) is 0 Å². The summed E-state index contributed by atoms with van der Waals surface area (Å²) in [7, 11) is 0. The van der Waals surface area contributed by atoms with E-state index in [1.807, 2.05) is 4.90 Å². The maximum Gasteiger partial charge on any atom is 0.317 e. The monoisotopic (exact) mass is 258 g/mol. The van der Waals surface area contributed by atoms with Crippen molar-refractivity contribution in [3.05, 3.63) is 0 Å². The van der Waals surface area contributed by atoms with E-state index in [1.54, 1.807) is 4.90 Å². The van der Waals surface area contributed by atoms with Gasteiger partial charge in [-0.25, -0.2) is 4.79 Å². The van der Waals surface area contributed by atoms with Gasteiger partial charge in [-0.15, -0.1) is 0 Å². The third-order valence-corrected chi connectivity index (χ3v) is 2.72. The molecule has 8 heteroatoms. The van der Waals surface area contributed by atoms with Crippen LogP contribution in [0.5, 0.6) is 0 Å². The molecular formula is C10H18N4O4. The van der Waals surface area contributed by atoms with Gasteiger partial charge in [-0.1, -0.05) is 0 Å². The molecule has 1 fully saturated rings. The predicted octanol–water partition coefficient (Wildman–Crippen LogP) is -1.73. The second kappa shape index (κ2) is 6.80. The number of rotatable bonds is 5. The smallest absolute Gasteiger partial charge is 0.317 e. The maximum absolute atomic E-state index is 11.6. The summed E-state index contributed by atoms with van der Waals surface area (Å²) in [5.74, 6) is -1.40. The average Bonchev–Trinajstić information content (AvgIpc) is 2.34. The number of amides is 3. The molecule has 8 nitrogen and oxygen atoms in total. The van der Waals surface area contributed by atoms with Crippen LogP contribution in [-0.2, 0) is 9.59 Å². The average molecular weight is 258 g/mol. The molecule has 3 amide bonds. The van der Waals surface area contributed by atoms with Gasteiger partial charge in [0.25, 0.3) is 0 Å². The number of carbonyl (C=O) groups is 3. The number of carbonyl (C=O) groups excluding carboxylic acids is 2. The van der Waals surface area contributed by atoms with Gasteiger partial charge in [0.05, 0.1) is 13.0 Å². The van der Waals surface area contributed by atoms with E-state index < -0.39 is 11.9 Å². The zero-order chi connectivity index (χ0) is 13.5. The molecule has 1 saturated heterocycles. The Morgan fingerprint density at radius 2 is 1.78 bits per heavy atom. The minimum Gasteiger partial charge on any atom is -0.481 e. The first-order valence-electron chi connectivity index (χ1n) is 5.74. The fraction of sp³-hybridized carbons (Fsp3) is 0.700. The minimum absolute atomic E-state index is 0.105. The third-order valence-electron chi connectivity index (χ3n) is 2.72. The van der Waals surface area contributed by atoms with E-state index in [0.29, 0.717) is 32.7 Å². The lowest BCUT2D eigenvalue weighted by Crippen LogP contribution is -2.52. The van der Waals surface area contributed by atoms with Crippen molar-refractivity contribution in [2.24, 2.45) is 5.73 Å². The van der Waals surface area contributed by atoms with E-state index in [2.05, 4.69) is 5.32 Å². The summed E-state index contributed by atoms with van der Waals surface area (Å²) >= 11 is 0. The molecule has 0 aromatic heterocycles. The van der Waals surface area contributed by atoms with Crippen molar-refractivity contribution >= 4 is 17.9 Å². The number of aliphatic carboxylic acids is 1. The fourth-order valence-electron chi connectivity index (χ4n) is 1.70. The summed E-state index contributed by atoms with van der Waals surface area (Å²) in [5.41, 5.74) is 4.92. The van der Waals surface area contributed by atoms with Crippen LogP contribution in [0, 0.1) is 0 Å². The Labute approximate surface area is 105 Å². The van der Waals surface area contributed by atoms with Gasteiger partial charge in [0.1, 0.15) is 0 Å². The van der Waals surface area contributed by atoms with Crippen molar-refractivity contribution < 1.29 is 19.5 Å². The van der Waals surface area contributed by atoms with Crippen molar-refractivity contribution in [2.45, 2.75) is 6.42 Å². The van der Waals surface area contributed by atoms with E-state index in [4.69, 9.17) is 10.8 Å². The van der Waals surface area contributed by atoms with Gasteiger partial charge in [-0.2, -0.15) is 0 Å². The van der Waals surface area contributed by atoms with Gasteiger partial charge in [0, 0.05) is 32.7 Å². The maximum atomic E-state index is 11.6. The molecule has 0 bridgehead atoms. The molecule has 0 aromatic carbocycles. The van der Waals surface area contributed by atoms with Gasteiger partial charge in [0.15, 0.2) is 0 Å². The highest BCUT2D eigenvalue weighted by molar-refractivity contribution is 5.82. The molecule has 0 spiro atoms. The molecule has 0 aromatic rings. The second-order valence-electron chi connectivity index (χ2n) is 4.10. The Bertz CT molecular complexity index is 326. The van der Waals surface area contributed by atoms with E-state index in [9.17, 15) is 14.4 Å². The summed E-state index contributed by atoms with van der Waals surface area (Å²) < 4.78 is 0. The highest BCUT2D eigenvalue weighted by Crippen LogP contribution is 2.02. The Kier molecular flexibility index (Phi) is 5.37. The topological polar surface area (TPSA) is 116 Å². The lowest BCUT2D eigenvalue weighted by molar-refractivity contribution is -0.137. The lowest BCUT2D eigenvalue weighted by Gasteiger charge is -2.34. The molecule has 1 rings (SSSR count). The fourth-order valence-corrected chi connectivity index (χ4v) is 1.70. The van der Waals surface area contributed by atoms with Crippen LogP contribution in [0.25, 0.3) is 0 Å². The first-order chi connectivity index (χ1) is 8.49. The Hall–Kier alpha value is -1.83. The number of piperazine rings is 1. The van der Waals surface area contributed by atoms with Crippen LogP contribution in [0.4, 0.5) is 4.79 Å². The van der Waals surface area contributed by atoms with Crippen molar-refractivity contribution in [2.75, 3.05) is 39.3 Å². The number of hydrogen-bond donors (Lipinski definition) is 3. The lowest BCUT2D eigenvalue weighted by atomic mass is 10.3. The normalized spacial score (nSPS) is 16.3. The minimum atomic E-state index is -0.823. The highest BCUT2D eigenvalue weighted by atomic mass is 16.4. The molecule has 0 radical (unpaired) electrons. The summed E-state index contributed by atoms with van der Waals surface area (Å²) in [5, 5.41) is 11.0. The molecule has 18 heavy (non-hydrogen) atoms. The molecule has 1 aliphatic rings. The van der Waals surface area contributed by atoms with Crippen molar-refractivity contribution in [1.82, 2.24) is 15.1 Å². The molecule has 102 valence electrons. The Morgan fingerprint density at radius 1 is 1.17 bits per heavy atom. The number of primary amides is 1. The van der Waals surface area contributed by atoms with Crippen LogP contribution in [-0.4, -0.2) is 72.1 Å². The molecule has 0 atom stereocenters. The largest absolute Gasteiger partial charge is 0.481 e. The zero-order valence-electron chi connectivity index (χ0n) is 10.1. The quantitative estimate of drug-likeness (QED) is 0.542. The van der Waals surface area contributed by atoms with Crippen LogP contribution in [0.15, 0.2) is 0 Å². The zero-order valence-corrected chi connectivity index (χ0v) is 10.1. The van der Waals surface area contributed by atoms with Gasteiger partial charge in [-0.05, 0) is 0 Å². The molecule has 1 aliphatic heterocycles. The summed E-state index contributed by atoms with van der Waals surface area (Å²) in [6.07, 6.45) is 0.105. The van der Waals surface area contributed by atoms with Crippen molar-refractivity contribution in [1.29, 1.82) is 0 Å². The van der Waals surface area contributed by atoms with Crippen LogP contribution >= 0.6 is 0 Å². The van der Waals surface area contributed by atoms with Crippen LogP contribution in [0.2, 0.25) is 0 Å². The first kappa shape index (κ1) is 14.2. The number of nitrogens with two attached hydrogens (primary N) is 1. The van der Waals surface area contributed by atoms with Crippen LogP contribution in [0.3, 0.4) is 0 Å². The van der Waals surface area contributed by atoms with Crippen LogP contribution in [0.1, 0.15) is 6.42 Å². The highest BCUT2D eigenvalue weighted by Gasteiger charge is 2.21. The molecule has 0 aliphatic carbocycles. The standard InChI is InChI=1S/C10H18N4O4/c11-8(15)7-12-10(18)14-5-3-13(4-6-14)2-1-9(16)17/h1-7H2,(H2,11,15)(H,12,18)(H,16,17). The van der Waals surface area contributed by atoms with Crippen molar-refractivity contribution in [3.63, 3.8) is 0 Å². The number of nitrogens with one attached hydrogen (secondary N) is 1. The van der Waals surface area contributed by atoms with Gasteiger partial charge in [0.2, 0.25) is 5.91 Å². The number of hydrogen-bond acceptors (Lipinski definition) is 4. The molecule has 0 unspecified atom stereocenters. The van der Waals surface area contributed by atoms with E-state index >= 15 is 0 Å². The SMILES string of the molecule is NC(=O)CNC(=O)N1CCN(CCC(=O)O)CC1. The van der Waals surface area contributed by atoms with E-state index in [-0.39, 0.29) is 19.0 Å². The number of urea groups is 1. The number of carboxylic acid groups (broad SMARTS) is 1. The predicted molar refractivity (Wildman–Crippen MR) is 62.9 cm³/mol. The molecule has 0 saturated carbocycles. The Balaban J connectivity index is 2.24. The number of carboxylic acids is 1. The summed E-state index contributed by atoms with van der Waals surface area (Å²) in [6.45, 7) is 2.63. The van der Waals surface area contributed by atoms with Gasteiger partial charge < -0.3 is 21.1 Å². The first-order valence-corrected chi connectivity index (χ1v) is 5.74. The Morgan fingerprint density at radius 3 is 2.28 bits per heavy atom. The van der Waals surface area contributed by atoms with E-state index in [0.717, 1.165) is 0 Å². The third kappa shape index (κ3) is 5.00. The van der Waals surface area contributed by atoms with Crippen molar-refractivity contribution in [3.8, 4) is 0 Å². The molecule has 1 heterocycles. The van der Waals surface area contributed by atoms with Crippen LogP contribution < -0.4 is 11.1 Å². The summed E-state index contributed by atoms with van der Waals surface area (Å²) in [6, 6.07) is -0.313. The number of nitrogens with zero attached hydrogens (tertiary/aromatic N) is 2. The molecular weight excluding hydrogens is 240 g/mol. The van der Waals surface area contributed by atoms with Gasteiger partial charge >= 0.3 is 12.0 Å².